The molecular weight excluding hydrogens is 711 g/mol. The van der Waals surface area contributed by atoms with Crippen molar-refractivity contribution < 1.29 is 43.2 Å². The van der Waals surface area contributed by atoms with E-state index in [4.69, 9.17) is 38.0 Å². The minimum atomic E-state index is -1.05. The van der Waals surface area contributed by atoms with Gasteiger partial charge >= 0.3 is 6.09 Å². The normalized spacial score (nSPS) is 18.4. The van der Waals surface area contributed by atoms with Crippen LogP contribution in [-0.4, -0.2) is 103 Å². The van der Waals surface area contributed by atoms with Crippen LogP contribution in [0, 0.1) is 24.2 Å². The number of carbonyl (C=O) groups is 3. The Bertz CT molecular complexity index is 1620. The highest BCUT2D eigenvalue weighted by atomic mass is 16.6. The molecule has 0 unspecified atom stereocenters. The number of carbonyl (C=O) groups excluding carboxylic acids is 3. The molecule has 304 valence electrons. The van der Waals surface area contributed by atoms with Crippen LogP contribution in [-0.2, 0) is 19.0 Å². The van der Waals surface area contributed by atoms with Gasteiger partial charge in [-0.25, -0.2) is 4.79 Å². The van der Waals surface area contributed by atoms with Crippen molar-refractivity contribution in [2.75, 3.05) is 26.4 Å². The van der Waals surface area contributed by atoms with Crippen LogP contribution in [0.2, 0.25) is 0 Å². The summed E-state index contributed by atoms with van der Waals surface area (Å²) in [5.41, 5.74) is -0.577. The second-order valence-electron chi connectivity index (χ2n) is 15.4. The second-order valence-corrected chi connectivity index (χ2v) is 15.4. The lowest BCUT2D eigenvalue weighted by atomic mass is 10.0. The predicted molar refractivity (Wildman–Crippen MR) is 219 cm³/mol. The maximum absolute atomic E-state index is 11.9. The lowest BCUT2D eigenvalue weighted by Crippen LogP contribution is -2.51. The van der Waals surface area contributed by atoms with Gasteiger partial charge in [-0.3, -0.25) is 9.69 Å². The molecule has 2 amide bonds. The number of nitrogens with zero attached hydrogens (tertiary/aromatic N) is 2. The SMILES string of the molecule is C#Cc1ccc(OCCCCC)cc1.CC(C)(C)OC(=O)N1[C@@H](C=O)COC1(C)C.[B]C(=O)N1[C@@H]([C@@H](O)C#Cc2ccc(OCCCCC)cc2)COC1(C)C. The Morgan fingerprint density at radius 3 is 1.80 bits per heavy atom. The number of aldehydes is 1. The quantitative estimate of drug-likeness (QED) is 0.101. The van der Waals surface area contributed by atoms with Crippen LogP contribution in [0.5, 0.6) is 11.5 Å². The van der Waals surface area contributed by atoms with Gasteiger partial charge in [-0.2, -0.15) is 0 Å². The highest BCUT2D eigenvalue weighted by Gasteiger charge is 2.46. The Labute approximate surface area is 336 Å². The third kappa shape index (κ3) is 15.9. The zero-order valence-electron chi connectivity index (χ0n) is 34.8. The molecule has 2 aromatic carbocycles. The van der Waals surface area contributed by atoms with Crippen molar-refractivity contribution in [3.63, 3.8) is 0 Å². The predicted octanol–water partition coefficient (Wildman–Crippen LogP) is 7.49. The van der Waals surface area contributed by atoms with Crippen LogP contribution < -0.4 is 9.47 Å². The highest BCUT2D eigenvalue weighted by molar-refractivity contribution is 6.57. The van der Waals surface area contributed by atoms with Gasteiger partial charge < -0.3 is 38.5 Å². The van der Waals surface area contributed by atoms with Crippen LogP contribution in [0.1, 0.15) is 112 Å². The molecule has 11 nitrogen and oxygen atoms in total. The fraction of sp³-hybridized carbons (Fsp3) is 0.568. The van der Waals surface area contributed by atoms with Gasteiger partial charge in [0.15, 0.2) is 5.81 Å². The van der Waals surface area contributed by atoms with Crippen LogP contribution in [0.3, 0.4) is 0 Å². The summed E-state index contributed by atoms with van der Waals surface area (Å²) in [5, 5.41) is 10.4. The van der Waals surface area contributed by atoms with Crippen molar-refractivity contribution in [2.24, 2.45) is 0 Å². The molecule has 2 heterocycles. The number of unbranched alkanes of at least 4 members (excludes halogenated alkanes) is 4. The lowest BCUT2D eigenvalue weighted by Gasteiger charge is -2.34. The smallest absolute Gasteiger partial charge is 0.413 e. The van der Waals surface area contributed by atoms with E-state index in [2.05, 4.69) is 31.6 Å². The van der Waals surface area contributed by atoms with Crippen LogP contribution >= 0.6 is 0 Å². The number of benzene rings is 2. The number of ether oxygens (including phenoxy) is 5. The van der Waals surface area contributed by atoms with E-state index in [1.54, 1.807) is 48.5 Å². The number of aliphatic hydroxyl groups excluding tert-OH is 1. The Morgan fingerprint density at radius 1 is 0.875 bits per heavy atom. The molecule has 0 aromatic heterocycles. The minimum Gasteiger partial charge on any atom is -0.494 e. The molecule has 4 rings (SSSR count). The summed E-state index contributed by atoms with van der Waals surface area (Å²) in [4.78, 5) is 37.1. The fourth-order valence-corrected chi connectivity index (χ4v) is 5.71. The first-order valence-corrected chi connectivity index (χ1v) is 19.3. The first-order valence-electron chi connectivity index (χ1n) is 19.3. The zero-order chi connectivity index (χ0) is 41.9. The van der Waals surface area contributed by atoms with Gasteiger partial charge in [0.25, 0.3) is 0 Å². The topological polar surface area (TPSA) is 124 Å². The van der Waals surface area contributed by atoms with E-state index in [1.807, 2.05) is 48.5 Å². The molecule has 2 radical (unpaired) electrons. The summed E-state index contributed by atoms with van der Waals surface area (Å²) in [5.74, 6) is 9.35. The lowest BCUT2D eigenvalue weighted by molar-refractivity contribution is -0.113. The molecule has 0 saturated carbocycles. The number of amides is 2. The zero-order valence-corrected chi connectivity index (χ0v) is 34.8. The van der Waals surface area contributed by atoms with Crippen LogP contribution in [0.15, 0.2) is 48.5 Å². The van der Waals surface area contributed by atoms with Gasteiger partial charge in [0.2, 0.25) is 7.85 Å². The number of rotatable bonds is 12. The van der Waals surface area contributed by atoms with Crippen LogP contribution in [0.4, 0.5) is 9.59 Å². The van der Waals surface area contributed by atoms with E-state index in [1.165, 1.54) is 22.6 Å². The standard InChI is InChI=1S/C20H26BNO4.C13H16O.C11H19NO4/c1-4-5-6-13-25-16-10-7-15(8-11-16)9-12-18(23)17-14-26-20(2,3)22(17)19(21)24;1-3-5-6-11-14-13-9-7-12(4-2)8-10-13;1-10(2,3)16-9(14)12-8(6-13)7-15-11(12,4)5/h7-8,10-11,17-18,23H,4-6,13-14H2,1-3H3;2,7-10H,3,5-6,11H2,1H3;6,8H,7H2,1-5H3/t17-,18+;;8-/m1.0/s1. The summed E-state index contributed by atoms with van der Waals surface area (Å²) >= 11 is 0. The van der Waals surface area contributed by atoms with Gasteiger partial charge in [-0.15, -0.1) is 6.42 Å². The Morgan fingerprint density at radius 2 is 1.36 bits per heavy atom. The van der Waals surface area contributed by atoms with Crippen molar-refractivity contribution in [3.05, 3.63) is 59.7 Å². The summed E-state index contributed by atoms with van der Waals surface area (Å²) < 4.78 is 27.4. The number of hydrogen-bond donors (Lipinski definition) is 1. The van der Waals surface area contributed by atoms with E-state index in [-0.39, 0.29) is 13.2 Å². The van der Waals surface area contributed by atoms with Crippen molar-refractivity contribution in [1.29, 1.82) is 0 Å². The third-order valence-electron chi connectivity index (χ3n) is 8.66. The molecule has 2 aliphatic rings. The second kappa shape index (κ2) is 22.9. The van der Waals surface area contributed by atoms with Gasteiger partial charge in [0, 0.05) is 11.1 Å². The van der Waals surface area contributed by atoms with E-state index < -0.39 is 47.1 Å². The summed E-state index contributed by atoms with van der Waals surface area (Å²) in [6.45, 7) is 18.5. The summed E-state index contributed by atoms with van der Waals surface area (Å²) in [7, 11) is 5.42. The molecule has 2 fully saturated rings. The van der Waals surface area contributed by atoms with Gasteiger partial charge in [-0.05, 0) is 110 Å². The van der Waals surface area contributed by atoms with Crippen molar-refractivity contribution in [3.8, 4) is 35.7 Å². The monoisotopic (exact) mass is 772 g/mol. The number of terminal acetylenes is 1. The third-order valence-corrected chi connectivity index (χ3v) is 8.66. The van der Waals surface area contributed by atoms with E-state index in [0.717, 1.165) is 54.9 Å². The molecule has 2 saturated heterocycles. The summed E-state index contributed by atoms with van der Waals surface area (Å²) in [6.07, 6.45) is 11.3. The van der Waals surface area contributed by atoms with Crippen molar-refractivity contribution >= 4 is 26.0 Å². The number of hydrogen-bond acceptors (Lipinski definition) is 9. The van der Waals surface area contributed by atoms with Crippen molar-refractivity contribution in [2.45, 2.75) is 136 Å². The largest absolute Gasteiger partial charge is 0.494 e. The molecule has 2 aliphatic heterocycles. The average Bonchev–Trinajstić information content (AvgIpc) is 3.65. The Hall–Kier alpha value is -4.49. The Kier molecular flexibility index (Phi) is 19.5. The molecule has 3 atom stereocenters. The maximum atomic E-state index is 11.9. The average molecular weight is 773 g/mol. The van der Waals surface area contributed by atoms with Crippen molar-refractivity contribution in [1.82, 2.24) is 9.80 Å². The first-order chi connectivity index (χ1) is 26.4. The molecule has 56 heavy (non-hydrogen) atoms. The van der Waals surface area contributed by atoms with E-state index in [0.29, 0.717) is 12.9 Å². The minimum absolute atomic E-state index is 0.191. The molecule has 12 heteroatoms. The van der Waals surface area contributed by atoms with Crippen LogP contribution in [0.25, 0.3) is 0 Å². The highest BCUT2D eigenvalue weighted by Crippen LogP contribution is 2.30. The van der Waals surface area contributed by atoms with Gasteiger partial charge in [0.05, 0.1) is 32.5 Å². The maximum Gasteiger partial charge on any atom is 0.413 e. The molecule has 2 aromatic rings. The summed E-state index contributed by atoms with van der Waals surface area (Å²) in [6, 6.07) is 13.9. The molecular formula is C44H61BN2O9. The molecule has 1 N–H and O–H groups in total. The molecule has 0 aliphatic carbocycles. The molecule has 0 bridgehead atoms. The number of aliphatic hydroxyl groups is 1. The van der Waals surface area contributed by atoms with E-state index in [9.17, 15) is 19.5 Å². The fourth-order valence-electron chi connectivity index (χ4n) is 5.71. The first kappa shape index (κ1) is 47.7. The molecule has 0 spiro atoms. The van der Waals surface area contributed by atoms with Gasteiger partial charge in [0.1, 0.15) is 47.0 Å². The van der Waals surface area contributed by atoms with E-state index >= 15 is 0 Å². The Balaban J connectivity index is 0.000000310. The van der Waals surface area contributed by atoms with Gasteiger partial charge in [-0.1, -0.05) is 57.3 Å².